The van der Waals surface area contributed by atoms with Gasteiger partial charge in [0.05, 0.1) is 19.3 Å². The van der Waals surface area contributed by atoms with Gasteiger partial charge in [-0.3, -0.25) is 19.0 Å². The van der Waals surface area contributed by atoms with Gasteiger partial charge in [0.2, 0.25) is 11.8 Å². The first-order valence-electron chi connectivity index (χ1n) is 9.68. The number of hydrogen-bond donors (Lipinski definition) is 1. The summed E-state index contributed by atoms with van der Waals surface area (Å²) in [5, 5.41) is 14.0. The maximum atomic E-state index is 12.2. The van der Waals surface area contributed by atoms with E-state index in [4.69, 9.17) is 4.42 Å². The van der Waals surface area contributed by atoms with E-state index >= 15 is 0 Å². The molecule has 1 fully saturated rings. The number of nitrogens with zero attached hydrogens (tertiary/aromatic N) is 4. The molecule has 0 atom stereocenters. The van der Waals surface area contributed by atoms with Crippen molar-refractivity contribution in [2.75, 3.05) is 6.61 Å². The molecular weight excluding hydrogens is 464 g/mol. The quantitative estimate of drug-likeness (QED) is 0.516. The SMILES string of the molecule is C=C(CCc1nnc(C2CC(OC(F)(F)F)C2)o1)NC(=O)c1ccn(CCOC(F)(F)F)n1. The molecule has 33 heavy (non-hydrogen) atoms. The lowest BCUT2D eigenvalue weighted by atomic mass is 9.82. The highest BCUT2D eigenvalue weighted by atomic mass is 19.4. The molecule has 1 saturated carbocycles. The molecule has 0 aliphatic heterocycles. The Morgan fingerprint density at radius 1 is 1.21 bits per heavy atom. The predicted octanol–water partition coefficient (Wildman–Crippen LogP) is 3.46. The van der Waals surface area contributed by atoms with Crippen LogP contribution in [0.5, 0.6) is 0 Å². The third-order valence-corrected chi connectivity index (χ3v) is 4.62. The van der Waals surface area contributed by atoms with Crippen LogP contribution in [0, 0.1) is 0 Å². The average Bonchev–Trinajstić information content (AvgIpc) is 3.30. The normalized spacial score (nSPS) is 18.7. The number of aromatic nitrogens is 4. The number of carbonyl (C=O) groups is 1. The van der Waals surface area contributed by atoms with Crippen LogP contribution in [-0.4, -0.2) is 51.3 Å². The van der Waals surface area contributed by atoms with Crippen LogP contribution in [0.25, 0.3) is 0 Å². The molecule has 15 heteroatoms. The van der Waals surface area contributed by atoms with Crippen LogP contribution >= 0.6 is 0 Å². The number of hydrogen-bond acceptors (Lipinski definition) is 7. The molecule has 2 aromatic rings. The Labute approximate surface area is 182 Å². The summed E-state index contributed by atoms with van der Waals surface area (Å²) in [4.78, 5) is 12.2. The van der Waals surface area contributed by atoms with Gasteiger partial charge in [-0.15, -0.1) is 36.5 Å². The summed E-state index contributed by atoms with van der Waals surface area (Å²) in [6.45, 7) is 2.86. The molecule has 0 radical (unpaired) electrons. The number of carbonyl (C=O) groups excluding carboxylic acids is 1. The van der Waals surface area contributed by atoms with E-state index in [9.17, 15) is 31.1 Å². The van der Waals surface area contributed by atoms with Gasteiger partial charge in [-0.1, -0.05) is 6.58 Å². The Balaban J connectivity index is 1.38. The van der Waals surface area contributed by atoms with Gasteiger partial charge >= 0.3 is 12.7 Å². The lowest BCUT2D eigenvalue weighted by molar-refractivity contribution is -0.352. The number of rotatable bonds is 10. The average molecular weight is 483 g/mol. The summed E-state index contributed by atoms with van der Waals surface area (Å²) in [5.41, 5.74) is 0.279. The van der Waals surface area contributed by atoms with Crippen molar-refractivity contribution in [3.05, 3.63) is 42.0 Å². The van der Waals surface area contributed by atoms with Gasteiger partial charge in [-0.25, -0.2) is 0 Å². The molecule has 0 unspecified atom stereocenters. The molecule has 9 nitrogen and oxygen atoms in total. The lowest BCUT2D eigenvalue weighted by Gasteiger charge is -2.32. The van der Waals surface area contributed by atoms with E-state index in [1.165, 1.54) is 12.3 Å². The Morgan fingerprint density at radius 2 is 1.94 bits per heavy atom. The molecule has 0 saturated heterocycles. The summed E-state index contributed by atoms with van der Waals surface area (Å²) in [6.07, 6.45) is -8.31. The maximum absolute atomic E-state index is 12.2. The van der Waals surface area contributed by atoms with Crippen molar-refractivity contribution in [1.82, 2.24) is 25.3 Å². The van der Waals surface area contributed by atoms with Crippen molar-refractivity contribution in [2.24, 2.45) is 0 Å². The largest absolute Gasteiger partial charge is 0.522 e. The molecule has 0 spiro atoms. The Bertz CT molecular complexity index is 964. The monoisotopic (exact) mass is 483 g/mol. The fourth-order valence-corrected chi connectivity index (χ4v) is 2.99. The van der Waals surface area contributed by atoms with Crippen molar-refractivity contribution in [3.63, 3.8) is 0 Å². The van der Waals surface area contributed by atoms with Crippen LogP contribution in [-0.2, 0) is 22.4 Å². The van der Waals surface area contributed by atoms with Gasteiger partial charge < -0.3 is 9.73 Å². The van der Waals surface area contributed by atoms with Crippen LogP contribution in [0.4, 0.5) is 26.3 Å². The highest BCUT2D eigenvalue weighted by Crippen LogP contribution is 2.40. The van der Waals surface area contributed by atoms with Gasteiger partial charge in [0, 0.05) is 24.2 Å². The topological polar surface area (TPSA) is 104 Å². The number of aryl methyl sites for hydroxylation is 1. The highest BCUT2D eigenvalue weighted by molar-refractivity contribution is 5.93. The summed E-state index contributed by atoms with van der Waals surface area (Å²) in [5.74, 6) is -0.457. The zero-order valence-electron chi connectivity index (χ0n) is 16.9. The summed E-state index contributed by atoms with van der Waals surface area (Å²) in [6, 6.07) is 1.33. The van der Waals surface area contributed by atoms with Crippen LogP contribution in [0.2, 0.25) is 0 Å². The van der Waals surface area contributed by atoms with Crippen LogP contribution in [0.15, 0.2) is 29.0 Å². The molecule has 3 rings (SSSR count). The number of ether oxygens (including phenoxy) is 2. The molecule has 0 bridgehead atoms. The number of alkyl halides is 6. The van der Waals surface area contributed by atoms with Gasteiger partial charge in [-0.05, 0) is 25.3 Å². The van der Waals surface area contributed by atoms with E-state index in [-0.39, 0.29) is 55.6 Å². The fraction of sp³-hybridized carbons (Fsp3) is 0.556. The van der Waals surface area contributed by atoms with Gasteiger partial charge in [0.25, 0.3) is 5.91 Å². The summed E-state index contributed by atoms with van der Waals surface area (Å²) in [7, 11) is 0. The number of nitrogens with one attached hydrogen (secondary N) is 1. The fourth-order valence-electron chi connectivity index (χ4n) is 2.99. The summed E-state index contributed by atoms with van der Waals surface area (Å²) < 4.78 is 86.6. The van der Waals surface area contributed by atoms with Crippen LogP contribution in [0.3, 0.4) is 0 Å². The third-order valence-electron chi connectivity index (χ3n) is 4.62. The minimum absolute atomic E-state index is 0.0242. The van der Waals surface area contributed by atoms with E-state index in [0.29, 0.717) is 5.70 Å². The smallest absolute Gasteiger partial charge is 0.425 e. The number of halogens is 6. The number of allylic oxidation sites excluding steroid dienone is 1. The minimum atomic E-state index is -4.74. The van der Waals surface area contributed by atoms with Crippen molar-refractivity contribution >= 4 is 5.91 Å². The second kappa shape index (κ2) is 9.91. The van der Waals surface area contributed by atoms with Crippen molar-refractivity contribution in [1.29, 1.82) is 0 Å². The Morgan fingerprint density at radius 3 is 2.61 bits per heavy atom. The zero-order chi connectivity index (χ0) is 24.2. The summed E-state index contributed by atoms with van der Waals surface area (Å²) >= 11 is 0. The van der Waals surface area contributed by atoms with Crippen molar-refractivity contribution < 1.29 is 45.0 Å². The predicted molar refractivity (Wildman–Crippen MR) is 96.4 cm³/mol. The third kappa shape index (κ3) is 7.85. The molecule has 1 N–H and O–H groups in total. The standard InChI is InChI=1S/C18H19F6N5O4/c1-10(25-15(30)13-4-5-29(28-13)6-7-31-17(19,20)21)2-3-14-26-27-16(32-14)11-8-12(9-11)33-18(22,23)24/h4-5,11-12H,1-3,6-9H2,(H,25,30). The molecule has 0 aromatic carbocycles. The van der Waals surface area contributed by atoms with Gasteiger partial charge in [-0.2, -0.15) is 5.10 Å². The van der Waals surface area contributed by atoms with Gasteiger partial charge in [0.15, 0.2) is 5.69 Å². The first-order valence-corrected chi connectivity index (χ1v) is 9.68. The van der Waals surface area contributed by atoms with E-state index in [2.05, 4.69) is 36.7 Å². The second-order valence-corrected chi connectivity index (χ2v) is 7.20. The Hall–Kier alpha value is -2.94. The molecule has 1 aliphatic carbocycles. The molecule has 182 valence electrons. The van der Waals surface area contributed by atoms with Crippen LogP contribution in [0.1, 0.15) is 47.5 Å². The molecular formula is C18H19F6N5O4. The van der Waals surface area contributed by atoms with Crippen molar-refractivity contribution in [3.8, 4) is 0 Å². The van der Waals surface area contributed by atoms with Crippen molar-refractivity contribution in [2.45, 2.75) is 57.0 Å². The van der Waals surface area contributed by atoms with E-state index in [1.807, 2.05) is 0 Å². The molecule has 1 amide bonds. The Kier molecular flexibility index (Phi) is 7.41. The van der Waals surface area contributed by atoms with Gasteiger partial charge in [0.1, 0.15) is 0 Å². The zero-order valence-corrected chi connectivity index (χ0v) is 16.9. The molecule has 1 aliphatic rings. The highest BCUT2D eigenvalue weighted by Gasteiger charge is 2.42. The first-order chi connectivity index (χ1) is 15.4. The molecule has 2 aromatic heterocycles. The van der Waals surface area contributed by atoms with E-state index in [1.54, 1.807) is 0 Å². The lowest BCUT2D eigenvalue weighted by Crippen LogP contribution is -2.34. The number of amides is 1. The van der Waals surface area contributed by atoms with E-state index < -0.39 is 31.3 Å². The minimum Gasteiger partial charge on any atom is -0.425 e. The second-order valence-electron chi connectivity index (χ2n) is 7.20. The van der Waals surface area contributed by atoms with Crippen LogP contribution < -0.4 is 5.32 Å². The maximum Gasteiger partial charge on any atom is 0.522 e. The van der Waals surface area contributed by atoms with E-state index in [0.717, 1.165) is 4.68 Å². The first kappa shape index (κ1) is 24.7. The molecule has 2 heterocycles.